The molecule has 12 rings (SSSR count). The first-order valence-corrected chi connectivity index (χ1v) is 20.3. The lowest BCUT2D eigenvalue weighted by Crippen LogP contribution is -2.32. The predicted octanol–water partition coefficient (Wildman–Crippen LogP) is 14.8. The van der Waals surface area contributed by atoms with E-state index in [-0.39, 0.29) is 5.41 Å². The molecule has 1 aliphatic heterocycles. The smallest absolute Gasteiger partial charge is 0.132 e. The van der Waals surface area contributed by atoms with E-state index < -0.39 is 5.41 Å². The van der Waals surface area contributed by atoms with Crippen LogP contribution in [0.25, 0.3) is 44.2 Å². The average Bonchev–Trinajstić information content (AvgIpc) is 3.67. The highest BCUT2D eigenvalue weighted by Gasteiger charge is 2.51. The Morgan fingerprint density at radius 3 is 1.66 bits per heavy atom. The maximum Gasteiger partial charge on any atom is 0.132 e. The van der Waals surface area contributed by atoms with Crippen molar-refractivity contribution < 1.29 is 4.74 Å². The van der Waals surface area contributed by atoms with Gasteiger partial charge < -0.3 is 9.64 Å². The summed E-state index contributed by atoms with van der Waals surface area (Å²) in [5.41, 5.74) is 17.8. The Balaban J connectivity index is 1.15. The molecule has 0 unspecified atom stereocenters. The monoisotopic (exact) mass is 741 g/mol. The van der Waals surface area contributed by atoms with Gasteiger partial charge in [0.1, 0.15) is 11.5 Å². The van der Waals surface area contributed by atoms with Crippen LogP contribution in [-0.2, 0) is 10.8 Å². The van der Waals surface area contributed by atoms with E-state index in [1.54, 1.807) is 0 Å². The summed E-state index contributed by atoms with van der Waals surface area (Å²) in [6.07, 6.45) is 0. The maximum absolute atomic E-state index is 6.73. The van der Waals surface area contributed by atoms with Gasteiger partial charge >= 0.3 is 0 Å². The fourth-order valence-corrected chi connectivity index (χ4v) is 10.5. The molecule has 0 saturated carbocycles. The third-order valence-electron chi connectivity index (χ3n) is 13.1. The van der Waals surface area contributed by atoms with E-state index in [9.17, 15) is 0 Å². The highest BCUT2D eigenvalue weighted by atomic mass is 16.5. The van der Waals surface area contributed by atoms with Crippen molar-refractivity contribution in [2.75, 3.05) is 4.90 Å². The van der Waals surface area contributed by atoms with Crippen LogP contribution in [0.3, 0.4) is 0 Å². The zero-order valence-corrected chi connectivity index (χ0v) is 32.4. The number of rotatable bonds is 4. The summed E-state index contributed by atoms with van der Waals surface area (Å²) in [6, 6.07) is 73.8. The molecule has 2 aliphatic carbocycles. The second-order valence-electron chi connectivity index (χ2n) is 16.5. The van der Waals surface area contributed by atoms with E-state index in [1.165, 1.54) is 66.4 Å². The number of para-hydroxylation sites is 2. The fourth-order valence-electron chi connectivity index (χ4n) is 10.5. The molecular formula is C56H39NO. The van der Waals surface area contributed by atoms with Crippen LogP contribution < -0.4 is 9.64 Å². The summed E-state index contributed by atoms with van der Waals surface area (Å²) in [7, 11) is 0. The molecule has 0 aromatic heterocycles. The number of hydrogen-bond acceptors (Lipinski definition) is 2. The van der Waals surface area contributed by atoms with Crippen molar-refractivity contribution in [3.05, 3.63) is 234 Å². The first kappa shape index (κ1) is 33.0. The molecule has 1 heterocycles. The van der Waals surface area contributed by atoms with Gasteiger partial charge in [-0.15, -0.1) is 0 Å². The minimum atomic E-state index is -0.603. The van der Waals surface area contributed by atoms with Gasteiger partial charge in [-0.05, 0) is 127 Å². The Kier molecular flexibility index (Phi) is 6.93. The van der Waals surface area contributed by atoms with Gasteiger partial charge in [-0.25, -0.2) is 0 Å². The number of benzene rings is 9. The highest BCUT2D eigenvalue weighted by Crippen LogP contribution is 2.63. The molecule has 0 radical (unpaired) electrons. The van der Waals surface area contributed by atoms with Gasteiger partial charge in [0.15, 0.2) is 0 Å². The van der Waals surface area contributed by atoms with Crippen molar-refractivity contribution in [1.82, 2.24) is 0 Å². The van der Waals surface area contributed by atoms with Crippen molar-refractivity contribution in [3.63, 3.8) is 0 Å². The van der Waals surface area contributed by atoms with Gasteiger partial charge in [-0.3, -0.25) is 0 Å². The Morgan fingerprint density at radius 1 is 0.345 bits per heavy atom. The minimum Gasteiger partial charge on any atom is -0.457 e. The zero-order chi connectivity index (χ0) is 38.6. The molecule has 0 N–H and O–H groups in total. The Morgan fingerprint density at radius 2 is 0.879 bits per heavy atom. The summed E-state index contributed by atoms with van der Waals surface area (Å²) in [4.78, 5) is 2.46. The van der Waals surface area contributed by atoms with Gasteiger partial charge in [-0.2, -0.15) is 0 Å². The SMILES string of the molecule is CC1(C)c2ccccc2-c2cc(N(c3cccc(-c4ccccc4)c3)c3ccc4c(c3)C3(c5ccccc5Oc5ccccc53)c3cc5ccccc5cc3-4)ccc21. The van der Waals surface area contributed by atoms with Crippen molar-refractivity contribution in [2.45, 2.75) is 24.7 Å². The van der Waals surface area contributed by atoms with E-state index in [4.69, 9.17) is 4.74 Å². The largest absolute Gasteiger partial charge is 0.457 e. The van der Waals surface area contributed by atoms with Crippen LogP contribution in [0.4, 0.5) is 17.1 Å². The summed E-state index contributed by atoms with van der Waals surface area (Å²) < 4.78 is 6.73. The van der Waals surface area contributed by atoms with E-state index in [2.05, 4.69) is 219 Å². The normalized spacial score (nSPS) is 14.4. The van der Waals surface area contributed by atoms with E-state index in [0.29, 0.717) is 0 Å². The number of fused-ring (bicyclic) bond motifs is 13. The number of anilines is 3. The maximum atomic E-state index is 6.73. The van der Waals surface area contributed by atoms with Crippen LogP contribution in [0.15, 0.2) is 200 Å². The standard InChI is InChI=1S/C56H39NO/c1-55(2)47-22-9-8-21-43(47)46-34-41(28-30-48(46)55)57(40-20-14-19-37(31-40)36-15-4-3-5-16-36)42-27-29-44-45-32-38-17-6-7-18-39(38)33-51(45)56(52(44)35-42)49-23-10-12-25-53(49)58-54-26-13-11-24-50(54)56/h3-35H,1-2H3. The molecule has 2 heteroatoms. The number of hydrogen-bond donors (Lipinski definition) is 0. The quantitative estimate of drug-likeness (QED) is 0.178. The minimum absolute atomic E-state index is 0.0817. The predicted molar refractivity (Wildman–Crippen MR) is 239 cm³/mol. The van der Waals surface area contributed by atoms with E-state index >= 15 is 0 Å². The first-order chi connectivity index (χ1) is 28.5. The number of nitrogens with zero attached hydrogens (tertiary/aromatic N) is 1. The van der Waals surface area contributed by atoms with Crippen LogP contribution >= 0.6 is 0 Å². The van der Waals surface area contributed by atoms with Gasteiger partial charge in [0, 0.05) is 33.6 Å². The summed E-state index contributed by atoms with van der Waals surface area (Å²) in [5, 5.41) is 2.47. The van der Waals surface area contributed by atoms with Crippen molar-refractivity contribution in [1.29, 1.82) is 0 Å². The second kappa shape index (κ2) is 12.2. The van der Waals surface area contributed by atoms with Gasteiger partial charge in [0.2, 0.25) is 0 Å². The lowest BCUT2D eigenvalue weighted by molar-refractivity contribution is 0.436. The molecule has 3 aliphatic rings. The fraction of sp³-hybridized carbons (Fsp3) is 0.0714. The Hall–Kier alpha value is -7.16. The highest BCUT2D eigenvalue weighted by molar-refractivity contribution is 5.98. The molecular weight excluding hydrogens is 703 g/mol. The van der Waals surface area contributed by atoms with Crippen molar-refractivity contribution >= 4 is 27.8 Å². The Labute approximate surface area is 339 Å². The molecule has 9 aromatic carbocycles. The van der Waals surface area contributed by atoms with Gasteiger partial charge in [0.05, 0.1) is 5.41 Å². The van der Waals surface area contributed by atoms with Crippen LogP contribution in [0.5, 0.6) is 11.5 Å². The topological polar surface area (TPSA) is 12.5 Å². The molecule has 9 aromatic rings. The first-order valence-electron chi connectivity index (χ1n) is 20.3. The lowest BCUT2D eigenvalue weighted by Gasteiger charge is -2.39. The molecule has 0 amide bonds. The molecule has 0 saturated heterocycles. The average molecular weight is 742 g/mol. The summed E-state index contributed by atoms with van der Waals surface area (Å²) in [5.74, 6) is 1.79. The third-order valence-corrected chi connectivity index (χ3v) is 13.1. The zero-order valence-electron chi connectivity index (χ0n) is 32.4. The van der Waals surface area contributed by atoms with Crippen LogP contribution in [0.2, 0.25) is 0 Å². The van der Waals surface area contributed by atoms with Gasteiger partial charge in [0.25, 0.3) is 0 Å². The number of ether oxygens (including phenoxy) is 1. The summed E-state index contributed by atoms with van der Waals surface area (Å²) in [6.45, 7) is 4.70. The molecule has 0 bridgehead atoms. The second-order valence-corrected chi connectivity index (χ2v) is 16.5. The Bertz CT molecular complexity index is 3090. The molecule has 274 valence electrons. The van der Waals surface area contributed by atoms with Crippen LogP contribution in [0, 0.1) is 0 Å². The van der Waals surface area contributed by atoms with Crippen LogP contribution in [0.1, 0.15) is 47.2 Å². The van der Waals surface area contributed by atoms with E-state index in [1.807, 2.05) is 0 Å². The third kappa shape index (κ3) is 4.54. The molecule has 1 spiro atoms. The molecule has 0 atom stereocenters. The summed E-state index contributed by atoms with van der Waals surface area (Å²) >= 11 is 0. The van der Waals surface area contributed by atoms with Gasteiger partial charge in [-0.1, -0.05) is 153 Å². The molecule has 0 fully saturated rings. The van der Waals surface area contributed by atoms with Crippen molar-refractivity contribution in [3.8, 4) is 44.9 Å². The molecule has 2 nitrogen and oxygen atoms in total. The van der Waals surface area contributed by atoms with Crippen molar-refractivity contribution in [2.24, 2.45) is 0 Å². The lowest BCUT2D eigenvalue weighted by atomic mass is 9.66. The van der Waals surface area contributed by atoms with Crippen LogP contribution in [-0.4, -0.2) is 0 Å². The van der Waals surface area contributed by atoms with E-state index in [0.717, 1.165) is 39.7 Å². The molecule has 58 heavy (non-hydrogen) atoms.